The van der Waals surface area contributed by atoms with E-state index < -0.39 is 16.0 Å². The van der Waals surface area contributed by atoms with Crippen LogP contribution in [0.1, 0.15) is 29.2 Å². The number of esters is 1. The molecule has 0 spiro atoms. The van der Waals surface area contributed by atoms with Gasteiger partial charge in [0.25, 0.3) is 0 Å². The maximum absolute atomic E-state index is 13.1. The van der Waals surface area contributed by atoms with Crippen molar-refractivity contribution in [2.75, 3.05) is 20.2 Å². The first-order valence-corrected chi connectivity index (χ1v) is 10.7. The second kappa shape index (κ2) is 7.49. The fourth-order valence-electron chi connectivity index (χ4n) is 3.89. The van der Waals surface area contributed by atoms with Gasteiger partial charge in [-0.1, -0.05) is 24.3 Å². The lowest BCUT2D eigenvalue weighted by molar-refractivity contribution is 0.0596. The molecule has 2 aromatic carbocycles. The van der Waals surface area contributed by atoms with E-state index in [1.165, 1.54) is 23.5 Å². The minimum Gasteiger partial charge on any atom is -0.465 e. The molecule has 0 amide bonds. The molecule has 1 aliphatic heterocycles. The Kier molecular flexibility index (Phi) is 5.01. The average molecular weight is 415 g/mol. The molecule has 152 valence electrons. The Morgan fingerprint density at radius 3 is 2.45 bits per heavy atom. The number of nitrogens with zero attached hydrogens (tertiary/aromatic N) is 2. The van der Waals surface area contributed by atoms with Crippen LogP contribution < -0.4 is 5.69 Å². The second-order valence-electron chi connectivity index (χ2n) is 6.94. The molecule has 0 radical (unpaired) electrons. The van der Waals surface area contributed by atoms with E-state index in [4.69, 9.17) is 4.74 Å². The van der Waals surface area contributed by atoms with Gasteiger partial charge < -0.3 is 9.72 Å². The van der Waals surface area contributed by atoms with Gasteiger partial charge in [0.1, 0.15) is 0 Å². The summed E-state index contributed by atoms with van der Waals surface area (Å²) in [6.45, 7) is 0.517. The molecule has 0 aliphatic carbocycles. The summed E-state index contributed by atoms with van der Waals surface area (Å²) in [5.74, 6) is -0.690. The predicted molar refractivity (Wildman–Crippen MR) is 107 cm³/mol. The summed E-state index contributed by atoms with van der Waals surface area (Å²) in [4.78, 5) is 27.2. The molecule has 0 atom stereocenters. The zero-order valence-electron chi connectivity index (χ0n) is 15.9. The van der Waals surface area contributed by atoms with Crippen LogP contribution in [-0.4, -0.2) is 48.4 Å². The number of fused-ring (bicyclic) bond motifs is 1. The summed E-state index contributed by atoms with van der Waals surface area (Å²) in [6, 6.07) is 13.4. The molecule has 4 rings (SSSR count). The summed E-state index contributed by atoms with van der Waals surface area (Å²) < 4.78 is 34.1. The highest BCUT2D eigenvalue weighted by Crippen LogP contribution is 2.29. The van der Waals surface area contributed by atoms with E-state index in [1.54, 1.807) is 16.7 Å². The topological polar surface area (TPSA) is 101 Å². The SMILES string of the molecule is COC(=O)c1ccccc1S(=O)(=O)N1CCC(n2c(=O)[nH]c3ccccc32)CC1. The van der Waals surface area contributed by atoms with Gasteiger partial charge in [-0.05, 0) is 37.1 Å². The van der Waals surface area contributed by atoms with Gasteiger partial charge in [0, 0.05) is 19.1 Å². The monoisotopic (exact) mass is 415 g/mol. The molecule has 0 saturated carbocycles. The molecule has 29 heavy (non-hydrogen) atoms. The maximum atomic E-state index is 13.1. The number of carbonyl (C=O) groups is 1. The Balaban J connectivity index is 1.59. The van der Waals surface area contributed by atoms with Crippen LogP contribution in [0, 0.1) is 0 Å². The van der Waals surface area contributed by atoms with Crippen molar-refractivity contribution in [3.05, 3.63) is 64.6 Å². The van der Waals surface area contributed by atoms with Crippen molar-refractivity contribution >= 4 is 27.0 Å². The van der Waals surface area contributed by atoms with Crippen LogP contribution in [0.25, 0.3) is 11.0 Å². The highest BCUT2D eigenvalue weighted by atomic mass is 32.2. The summed E-state index contributed by atoms with van der Waals surface area (Å²) in [5.41, 5.74) is 1.41. The second-order valence-corrected chi connectivity index (χ2v) is 8.85. The molecule has 0 unspecified atom stereocenters. The summed E-state index contributed by atoms with van der Waals surface area (Å²) in [7, 11) is -2.64. The number of H-pyrrole nitrogens is 1. The molecule has 3 aromatic rings. The molecule has 1 fully saturated rings. The molecule has 9 heteroatoms. The number of ether oxygens (including phenoxy) is 1. The third kappa shape index (κ3) is 3.36. The van der Waals surface area contributed by atoms with Crippen LogP contribution in [0.2, 0.25) is 0 Å². The number of hydrogen-bond acceptors (Lipinski definition) is 5. The van der Waals surface area contributed by atoms with Gasteiger partial charge in [0.15, 0.2) is 0 Å². The molecule has 1 aliphatic rings. The molecular formula is C20H21N3O5S. The third-order valence-corrected chi connectivity index (χ3v) is 7.28. The lowest BCUT2D eigenvalue weighted by Crippen LogP contribution is -2.40. The van der Waals surface area contributed by atoms with E-state index in [-0.39, 0.29) is 35.3 Å². The lowest BCUT2D eigenvalue weighted by atomic mass is 10.1. The van der Waals surface area contributed by atoms with Crippen molar-refractivity contribution in [3.63, 3.8) is 0 Å². The Bertz CT molecular complexity index is 1220. The summed E-state index contributed by atoms with van der Waals surface area (Å²) >= 11 is 0. The largest absolute Gasteiger partial charge is 0.465 e. The Morgan fingerprint density at radius 2 is 1.72 bits per heavy atom. The van der Waals surface area contributed by atoms with Gasteiger partial charge in [-0.3, -0.25) is 4.57 Å². The van der Waals surface area contributed by atoms with Crippen LogP contribution in [0.5, 0.6) is 0 Å². The smallest absolute Gasteiger partial charge is 0.339 e. The molecule has 8 nitrogen and oxygen atoms in total. The van der Waals surface area contributed by atoms with Gasteiger partial charge in [-0.25, -0.2) is 18.0 Å². The van der Waals surface area contributed by atoms with Gasteiger partial charge in [-0.15, -0.1) is 0 Å². The zero-order chi connectivity index (χ0) is 20.6. The first kappa shape index (κ1) is 19.4. The van der Waals surface area contributed by atoms with Crippen LogP contribution >= 0.6 is 0 Å². The number of methoxy groups -OCH3 is 1. The van der Waals surface area contributed by atoms with E-state index in [1.807, 2.05) is 24.3 Å². The minimum absolute atomic E-state index is 0.0185. The van der Waals surface area contributed by atoms with Crippen molar-refractivity contribution in [2.45, 2.75) is 23.8 Å². The number of aromatic amines is 1. The van der Waals surface area contributed by atoms with Crippen LogP contribution in [0.4, 0.5) is 0 Å². The quantitative estimate of drug-likeness (QED) is 0.658. The van der Waals surface area contributed by atoms with E-state index in [0.717, 1.165) is 11.0 Å². The number of imidazole rings is 1. The maximum Gasteiger partial charge on any atom is 0.339 e. The molecule has 1 N–H and O–H groups in total. The van der Waals surface area contributed by atoms with Crippen molar-refractivity contribution in [1.82, 2.24) is 13.9 Å². The van der Waals surface area contributed by atoms with Crippen molar-refractivity contribution in [1.29, 1.82) is 0 Å². The normalized spacial score (nSPS) is 16.2. The van der Waals surface area contributed by atoms with Crippen molar-refractivity contribution in [3.8, 4) is 0 Å². The number of rotatable bonds is 4. The van der Waals surface area contributed by atoms with Gasteiger partial charge in [0.05, 0.1) is 28.6 Å². The number of nitrogens with one attached hydrogen (secondary N) is 1. The number of hydrogen-bond donors (Lipinski definition) is 1. The first-order chi connectivity index (χ1) is 13.9. The fourth-order valence-corrected chi connectivity index (χ4v) is 5.54. The standard InChI is InChI=1S/C20H21N3O5S/c1-28-19(24)15-6-2-5-9-18(15)29(26,27)22-12-10-14(11-13-22)23-17-8-4-3-7-16(17)21-20(23)25/h2-9,14H,10-13H2,1H3,(H,21,25). The van der Waals surface area contributed by atoms with Crippen LogP contribution in [0.3, 0.4) is 0 Å². The van der Waals surface area contributed by atoms with Crippen molar-refractivity contribution in [2.24, 2.45) is 0 Å². The van der Waals surface area contributed by atoms with E-state index >= 15 is 0 Å². The zero-order valence-corrected chi connectivity index (χ0v) is 16.7. The Labute approximate surface area is 167 Å². The van der Waals surface area contributed by atoms with Gasteiger partial charge >= 0.3 is 11.7 Å². The van der Waals surface area contributed by atoms with Gasteiger partial charge in [0.2, 0.25) is 10.0 Å². The van der Waals surface area contributed by atoms with Gasteiger partial charge in [-0.2, -0.15) is 4.31 Å². The number of piperidine rings is 1. The minimum atomic E-state index is -3.86. The van der Waals surface area contributed by atoms with E-state index in [0.29, 0.717) is 12.8 Å². The van der Waals surface area contributed by atoms with Crippen molar-refractivity contribution < 1.29 is 17.9 Å². The van der Waals surface area contributed by atoms with Crippen LogP contribution in [-0.2, 0) is 14.8 Å². The first-order valence-electron chi connectivity index (χ1n) is 9.30. The molecule has 2 heterocycles. The van der Waals surface area contributed by atoms with E-state index in [2.05, 4.69) is 4.98 Å². The third-order valence-electron chi connectivity index (χ3n) is 5.32. The lowest BCUT2D eigenvalue weighted by Gasteiger charge is -2.32. The predicted octanol–water partition coefficient (Wildman–Crippen LogP) is 2.14. The number of sulfonamides is 1. The van der Waals surface area contributed by atoms with E-state index in [9.17, 15) is 18.0 Å². The Morgan fingerprint density at radius 1 is 1.07 bits per heavy atom. The molecule has 1 aromatic heterocycles. The fraction of sp³-hybridized carbons (Fsp3) is 0.300. The molecule has 1 saturated heterocycles. The molecular weight excluding hydrogens is 394 g/mol. The summed E-state index contributed by atoms with van der Waals surface area (Å²) in [5, 5.41) is 0. The number of aromatic nitrogens is 2. The average Bonchev–Trinajstić information content (AvgIpc) is 3.09. The van der Waals surface area contributed by atoms with Crippen LogP contribution in [0.15, 0.2) is 58.2 Å². The summed E-state index contributed by atoms with van der Waals surface area (Å²) in [6.07, 6.45) is 1.00. The highest BCUT2D eigenvalue weighted by Gasteiger charge is 2.33. The molecule has 0 bridgehead atoms. The Hall–Kier alpha value is -2.91. The number of carbonyl (C=O) groups excluding carboxylic acids is 1. The number of para-hydroxylation sites is 2. The highest BCUT2D eigenvalue weighted by molar-refractivity contribution is 7.89. The number of benzene rings is 2.